The lowest BCUT2D eigenvalue weighted by Crippen LogP contribution is -2.28. The van der Waals surface area contributed by atoms with Crippen molar-refractivity contribution < 1.29 is 4.79 Å². The van der Waals surface area contributed by atoms with Crippen LogP contribution in [0.2, 0.25) is 0 Å². The molecule has 1 aromatic carbocycles. The van der Waals surface area contributed by atoms with Gasteiger partial charge in [0.25, 0.3) is 0 Å². The second kappa shape index (κ2) is 6.76. The Hall–Kier alpha value is -1.88. The third kappa shape index (κ3) is 4.18. The van der Waals surface area contributed by atoms with E-state index < -0.39 is 0 Å². The van der Waals surface area contributed by atoms with E-state index in [4.69, 9.17) is 12.2 Å². The predicted molar refractivity (Wildman–Crippen MR) is 79.9 cm³/mol. The third-order valence-electron chi connectivity index (χ3n) is 2.37. The van der Waals surface area contributed by atoms with Crippen LogP contribution >= 0.6 is 12.2 Å². The molecule has 0 unspecified atom stereocenters. The summed E-state index contributed by atoms with van der Waals surface area (Å²) in [6.07, 6.45) is 1.73. The molecule has 0 saturated heterocycles. The zero-order valence-electron chi connectivity index (χ0n) is 10.6. The molecule has 1 aromatic rings. The van der Waals surface area contributed by atoms with Gasteiger partial charge < -0.3 is 15.5 Å². The van der Waals surface area contributed by atoms with Crippen LogP contribution in [0.3, 0.4) is 0 Å². The Labute approximate surface area is 113 Å². The first-order valence-corrected chi connectivity index (χ1v) is 5.95. The summed E-state index contributed by atoms with van der Waals surface area (Å²) >= 11 is 5.11. The molecule has 0 fully saturated rings. The van der Waals surface area contributed by atoms with Gasteiger partial charge in [-0.3, -0.25) is 4.79 Å². The maximum atomic E-state index is 11.3. The molecule has 0 saturated carbocycles. The van der Waals surface area contributed by atoms with Gasteiger partial charge in [0.15, 0.2) is 5.11 Å². The van der Waals surface area contributed by atoms with Gasteiger partial charge in [-0.15, -0.1) is 6.58 Å². The molecule has 4 nitrogen and oxygen atoms in total. The van der Waals surface area contributed by atoms with Gasteiger partial charge in [0.2, 0.25) is 5.91 Å². The first-order chi connectivity index (χ1) is 8.54. The van der Waals surface area contributed by atoms with E-state index in [0.29, 0.717) is 11.7 Å². The minimum Gasteiger partial charge on any atom is -0.359 e. The van der Waals surface area contributed by atoms with Gasteiger partial charge in [0.05, 0.1) is 0 Å². The number of nitrogens with one attached hydrogen (secondary N) is 2. The predicted octanol–water partition coefficient (Wildman–Crippen LogP) is 2.14. The second-order valence-electron chi connectivity index (χ2n) is 3.75. The van der Waals surface area contributed by atoms with Gasteiger partial charge in [-0.1, -0.05) is 12.1 Å². The molecular formula is C13H17N3OS. The summed E-state index contributed by atoms with van der Waals surface area (Å²) in [5, 5.41) is 6.54. The van der Waals surface area contributed by atoms with Gasteiger partial charge in [0.1, 0.15) is 0 Å². The second-order valence-corrected chi connectivity index (χ2v) is 4.16. The van der Waals surface area contributed by atoms with Crippen LogP contribution in [0.4, 0.5) is 11.4 Å². The van der Waals surface area contributed by atoms with E-state index in [9.17, 15) is 4.79 Å². The fourth-order valence-corrected chi connectivity index (χ4v) is 1.52. The maximum Gasteiger partial charge on any atom is 0.223 e. The lowest BCUT2D eigenvalue weighted by molar-refractivity contribution is -0.116. The molecule has 96 valence electrons. The smallest absolute Gasteiger partial charge is 0.223 e. The Morgan fingerprint density at radius 3 is 2.89 bits per heavy atom. The molecular weight excluding hydrogens is 246 g/mol. The van der Waals surface area contributed by atoms with Crippen LogP contribution in [0.25, 0.3) is 0 Å². The van der Waals surface area contributed by atoms with Gasteiger partial charge in [-0.2, -0.15) is 0 Å². The number of anilines is 2. The fourth-order valence-electron chi connectivity index (χ4n) is 1.31. The van der Waals surface area contributed by atoms with Crippen LogP contribution < -0.4 is 15.5 Å². The standard InChI is InChI=1S/C13H17N3OS/c1-4-8-14-13(18)15-11-6-5-7-12(9-11)16(3)10(2)17/h4-7,9H,1,8H2,2-3H3,(H2,14,15,18). The zero-order valence-corrected chi connectivity index (χ0v) is 11.4. The highest BCUT2D eigenvalue weighted by Crippen LogP contribution is 2.18. The average Bonchev–Trinajstić information content (AvgIpc) is 2.35. The number of rotatable bonds is 4. The van der Waals surface area contributed by atoms with Crippen molar-refractivity contribution in [2.45, 2.75) is 6.92 Å². The molecule has 18 heavy (non-hydrogen) atoms. The summed E-state index contributed by atoms with van der Waals surface area (Å²) in [6, 6.07) is 7.49. The highest BCUT2D eigenvalue weighted by Gasteiger charge is 2.06. The van der Waals surface area contributed by atoms with Crippen molar-refractivity contribution in [2.24, 2.45) is 0 Å². The number of carbonyl (C=O) groups is 1. The first-order valence-electron chi connectivity index (χ1n) is 5.54. The Balaban J connectivity index is 2.73. The van der Waals surface area contributed by atoms with Crippen LogP contribution in [-0.4, -0.2) is 24.6 Å². The minimum atomic E-state index is -0.0143. The van der Waals surface area contributed by atoms with Crippen LogP contribution in [0.5, 0.6) is 0 Å². The fraction of sp³-hybridized carbons (Fsp3) is 0.231. The molecule has 1 amide bonds. The molecule has 0 aliphatic rings. The van der Waals surface area contributed by atoms with Gasteiger partial charge in [0, 0.05) is 31.9 Å². The number of benzene rings is 1. The molecule has 1 rings (SSSR count). The number of carbonyl (C=O) groups excluding carboxylic acids is 1. The summed E-state index contributed by atoms with van der Waals surface area (Å²) < 4.78 is 0. The van der Waals surface area contributed by atoms with E-state index in [1.54, 1.807) is 18.0 Å². The molecule has 0 bridgehead atoms. The van der Waals surface area contributed by atoms with Crippen LogP contribution in [0.15, 0.2) is 36.9 Å². The van der Waals surface area contributed by atoms with E-state index in [-0.39, 0.29) is 5.91 Å². The summed E-state index contributed by atoms with van der Waals surface area (Å²) in [5.41, 5.74) is 1.65. The van der Waals surface area contributed by atoms with E-state index in [1.165, 1.54) is 6.92 Å². The van der Waals surface area contributed by atoms with E-state index in [1.807, 2.05) is 24.3 Å². The van der Waals surface area contributed by atoms with Crippen molar-refractivity contribution in [1.29, 1.82) is 0 Å². The molecule has 0 spiro atoms. The largest absolute Gasteiger partial charge is 0.359 e. The van der Waals surface area contributed by atoms with Gasteiger partial charge >= 0.3 is 0 Å². The number of amides is 1. The monoisotopic (exact) mass is 263 g/mol. The summed E-state index contributed by atoms with van der Waals surface area (Å²) in [7, 11) is 1.73. The number of hydrogen-bond donors (Lipinski definition) is 2. The SMILES string of the molecule is C=CCNC(=S)Nc1cccc(N(C)C(C)=O)c1. The molecule has 5 heteroatoms. The normalized spacial score (nSPS) is 9.44. The topological polar surface area (TPSA) is 44.4 Å². The average molecular weight is 263 g/mol. The molecule has 0 aliphatic carbocycles. The molecule has 2 N–H and O–H groups in total. The Kier molecular flexibility index (Phi) is 5.32. The van der Waals surface area contributed by atoms with Crippen LogP contribution in [-0.2, 0) is 4.79 Å². The molecule has 0 heterocycles. The number of hydrogen-bond acceptors (Lipinski definition) is 2. The zero-order chi connectivity index (χ0) is 13.5. The van der Waals surface area contributed by atoms with Crippen LogP contribution in [0.1, 0.15) is 6.92 Å². The van der Waals surface area contributed by atoms with Gasteiger partial charge in [-0.05, 0) is 30.4 Å². The molecule has 0 atom stereocenters. The minimum absolute atomic E-state index is 0.0143. The summed E-state index contributed by atoms with van der Waals surface area (Å²) in [6.45, 7) is 5.74. The third-order valence-corrected chi connectivity index (χ3v) is 2.62. The van der Waals surface area contributed by atoms with Crippen molar-refractivity contribution in [3.63, 3.8) is 0 Å². The molecule has 0 aromatic heterocycles. The van der Waals surface area contributed by atoms with E-state index >= 15 is 0 Å². The first kappa shape index (κ1) is 14.2. The maximum absolute atomic E-state index is 11.3. The summed E-state index contributed by atoms with van der Waals surface area (Å²) in [4.78, 5) is 12.9. The summed E-state index contributed by atoms with van der Waals surface area (Å²) in [5.74, 6) is -0.0143. The Morgan fingerprint density at radius 1 is 1.56 bits per heavy atom. The lowest BCUT2D eigenvalue weighted by atomic mass is 10.2. The highest BCUT2D eigenvalue weighted by atomic mass is 32.1. The van der Waals surface area contributed by atoms with Crippen molar-refractivity contribution >= 4 is 34.6 Å². The van der Waals surface area contributed by atoms with E-state index in [2.05, 4.69) is 17.2 Å². The van der Waals surface area contributed by atoms with Crippen molar-refractivity contribution in [3.8, 4) is 0 Å². The quantitative estimate of drug-likeness (QED) is 0.645. The van der Waals surface area contributed by atoms with Gasteiger partial charge in [-0.25, -0.2) is 0 Å². The van der Waals surface area contributed by atoms with Crippen molar-refractivity contribution in [1.82, 2.24) is 5.32 Å². The van der Waals surface area contributed by atoms with E-state index in [0.717, 1.165) is 11.4 Å². The van der Waals surface area contributed by atoms with Crippen LogP contribution in [0, 0.1) is 0 Å². The molecule has 0 radical (unpaired) electrons. The lowest BCUT2D eigenvalue weighted by Gasteiger charge is -2.16. The Morgan fingerprint density at radius 2 is 2.28 bits per heavy atom. The van der Waals surface area contributed by atoms with Crippen molar-refractivity contribution in [2.75, 3.05) is 23.8 Å². The van der Waals surface area contributed by atoms with Crippen molar-refractivity contribution in [3.05, 3.63) is 36.9 Å². The highest BCUT2D eigenvalue weighted by molar-refractivity contribution is 7.80. The molecule has 0 aliphatic heterocycles. The Bertz CT molecular complexity index is 459. The number of thiocarbonyl (C=S) groups is 1. The number of nitrogens with zero attached hydrogens (tertiary/aromatic N) is 1.